The summed E-state index contributed by atoms with van der Waals surface area (Å²) in [6.07, 6.45) is 4.70. The zero-order valence-corrected chi connectivity index (χ0v) is 17.9. The summed E-state index contributed by atoms with van der Waals surface area (Å²) in [5, 5.41) is 0. The van der Waals surface area contributed by atoms with Gasteiger partial charge >= 0.3 is 6.09 Å². The maximum absolute atomic E-state index is 12.8. The van der Waals surface area contributed by atoms with Crippen LogP contribution in [0.15, 0.2) is 60.7 Å². The van der Waals surface area contributed by atoms with Gasteiger partial charge in [-0.15, -0.1) is 0 Å². The van der Waals surface area contributed by atoms with Crippen LogP contribution >= 0.6 is 0 Å². The molecule has 164 valence electrons. The molecule has 31 heavy (non-hydrogen) atoms. The summed E-state index contributed by atoms with van der Waals surface area (Å²) >= 11 is 0. The minimum absolute atomic E-state index is 0.0220. The number of carbonyl (C=O) groups excluding carboxylic acids is 2. The number of carbonyl (C=O) groups is 2. The van der Waals surface area contributed by atoms with E-state index in [9.17, 15) is 9.59 Å². The standard InChI is InChI=1S/C26H31NO4/c28-25(14-15-30-18-20-8-3-1-4-9-20)22-16-23-12-7-13-24(17-22)27(23)26(29)31-19-21-10-5-2-6-11-21/h1-6,8-11,22-24H,7,12-19H2. The molecule has 5 nitrogen and oxygen atoms in total. The number of amides is 1. The first-order chi connectivity index (χ1) is 15.2. The van der Waals surface area contributed by atoms with Crippen LogP contribution < -0.4 is 0 Å². The van der Waals surface area contributed by atoms with Gasteiger partial charge in [0.2, 0.25) is 0 Å². The van der Waals surface area contributed by atoms with Crippen LogP contribution in [-0.2, 0) is 27.5 Å². The van der Waals surface area contributed by atoms with E-state index in [4.69, 9.17) is 9.47 Å². The topological polar surface area (TPSA) is 55.8 Å². The highest BCUT2D eigenvalue weighted by molar-refractivity contribution is 5.81. The van der Waals surface area contributed by atoms with Crippen molar-refractivity contribution in [3.8, 4) is 0 Å². The Morgan fingerprint density at radius 2 is 1.42 bits per heavy atom. The van der Waals surface area contributed by atoms with Gasteiger partial charge in [0.05, 0.1) is 13.2 Å². The summed E-state index contributed by atoms with van der Waals surface area (Å²) in [6, 6.07) is 20.0. The Morgan fingerprint density at radius 3 is 2.03 bits per heavy atom. The van der Waals surface area contributed by atoms with Gasteiger partial charge in [0, 0.05) is 24.4 Å². The van der Waals surface area contributed by atoms with Crippen LogP contribution in [0.4, 0.5) is 4.79 Å². The van der Waals surface area contributed by atoms with Crippen LogP contribution in [0.3, 0.4) is 0 Å². The van der Waals surface area contributed by atoms with Crippen molar-refractivity contribution in [2.24, 2.45) is 5.92 Å². The average Bonchev–Trinajstić information content (AvgIpc) is 2.80. The predicted molar refractivity (Wildman–Crippen MR) is 118 cm³/mol. The van der Waals surface area contributed by atoms with E-state index in [0.717, 1.165) is 43.2 Å². The minimum atomic E-state index is -0.240. The molecule has 0 aromatic heterocycles. The SMILES string of the molecule is O=C(CCOCc1ccccc1)C1CC2CCCC(C1)N2C(=O)OCc1ccccc1. The van der Waals surface area contributed by atoms with Crippen molar-refractivity contribution in [3.63, 3.8) is 0 Å². The van der Waals surface area contributed by atoms with E-state index in [2.05, 4.69) is 0 Å². The lowest BCUT2D eigenvalue weighted by Crippen LogP contribution is -2.55. The van der Waals surface area contributed by atoms with Crippen LogP contribution in [0.25, 0.3) is 0 Å². The van der Waals surface area contributed by atoms with Crippen molar-refractivity contribution in [3.05, 3.63) is 71.8 Å². The van der Waals surface area contributed by atoms with Crippen molar-refractivity contribution in [2.75, 3.05) is 6.61 Å². The van der Waals surface area contributed by atoms with Gasteiger partial charge < -0.3 is 14.4 Å². The smallest absolute Gasteiger partial charge is 0.410 e. The maximum Gasteiger partial charge on any atom is 0.410 e. The normalized spacial score (nSPS) is 22.7. The van der Waals surface area contributed by atoms with Gasteiger partial charge in [-0.2, -0.15) is 0 Å². The second kappa shape index (κ2) is 10.6. The molecule has 2 saturated heterocycles. The molecule has 2 aliphatic rings. The summed E-state index contributed by atoms with van der Waals surface area (Å²) in [4.78, 5) is 27.5. The summed E-state index contributed by atoms with van der Waals surface area (Å²) in [6.45, 7) is 1.27. The third-order valence-corrected chi connectivity index (χ3v) is 6.45. The number of rotatable bonds is 8. The highest BCUT2D eigenvalue weighted by Crippen LogP contribution is 2.38. The molecule has 2 atom stereocenters. The molecule has 2 aromatic carbocycles. The van der Waals surface area contributed by atoms with Gasteiger partial charge in [-0.3, -0.25) is 4.79 Å². The number of ketones is 1. The van der Waals surface area contributed by atoms with Crippen LogP contribution in [0.1, 0.15) is 49.7 Å². The second-order valence-electron chi connectivity index (χ2n) is 8.61. The van der Waals surface area contributed by atoms with E-state index in [1.54, 1.807) is 0 Å². The molecule has 2 aliphatic heterocycles. The number of hydrogen-bond donors (Lipinski definition) is 0. The van der Waals surface area contributed by atoms with Gasteiger partial charge in [-0.05, 0) is 43.2 Å². The highest BCUT2D eigenvalue weighted by atomic mass is 16.6. The molecule has 0 saturated carbocycles. The molecule has 5 heteroatoms. The first-order valence-corrected chi connectivity index (χ1v) is 11.3. The largest absolute Gasteiger partial charge is 0.445 e. The number of benzene rings is 2. The summed E-state index contributed by atoms with van der Waals surface area (Å²) in [7, 11) is 0. The Bertz CT molecular complexity index is 840. The number of hydrogen-bond acceptors (Lipinski definition) is 4. The third kappa shape index (κ3) is 5.73. The maximum atomic E-state index is 12.8. The van der Waals surface area contributed by atoms with Crippen LogP contribution in [-0.4, -0.2) is 35.5 Å². The number of ether oxygens (including phenoxy) is 2. The minimum Gasteiger partial charge on any atom is -0.445 e. The first-order valence-electron chi connectivity index (χ1n) is 11.3. The zero-order chi connectivity index (χ0) is 21.5. The molecule has 0 N–H and O–H groups in total. The quantitative estimate of drug-likeness (QED) is 0.554. The molecule has 1 amide bonds. The third-order valence-electron chi connectivity index (χ3n) is 6.45. The molecule has 2 bridgehead atoms. The zero-order valence-electron chi connectivity index (χ0n) is 17.9. The lowest BCUT2D eigenvalue weighted by molar-refractivity contribution is -0.127. The van der Waals surface area contributed by atoms with Crippen LogP contribution in [0, 0.1) is 5.92 Å². The number of fused-ring (bicyclic) bond motifs is 2. The van der Waals surface area contributed by atoms with E-state index in [1.807, 2.05) is 65.6 Å². The average molecular weight is 422 g/mol. The predicted octanol–water partition coefficient (Wildman–Crippen LogP) is 5.13. The Kier molecular flexibility index (Phi) is 7.36. The summed E-state index contributed by atoms with van der Waals surface area (Å²) in [5.74, 6) is 0.288. The monoisotopic (exact) mass is 421 g/mol. The number of piperidine rings is 2. The molecule has 4 rings (SSSR count). The first kappa shape index (κ1) is 21.6. The van der Waals surface area contributed by atoms with Gasteiger partial charge in [-0.1, -0.05) is 60.7 Å². The number of nitrogens with zero attached hydrogens (tertiary/aromatic N) is 1. The molecule has 2 fully saturated rings. The molecular weight excluding hydrogens is 390 g/mol. The lowest BCUT2D eigenvalue weighted by atomic mass is 9.76. The fourth-order valence-electron chi connectivity index (χ4n) is 4.88. The molecule has 2 heterocycles. The van der Waals surface area contributed by atoms with Gasteiger partial charge in [0.25, 0.3) is 0 Å². The van der Waals surface area contributed by atoms with E-state index < -0.39 is 0 Å². The molecule has 2 aromatic rings. The summed E-state index contributed by atoms with van der Waals surface area (Å²) in [5.41, 5.74) is 2.10. The van der Waals surface area contributed by atoms with Crippen LogP contribution in [0.2, 0.25) is 0 Å². The van der Waals surface area contributed by atoms with Crippen molar-refractivity contribution < 1.29 is 19.1 Å². The molecule has 0 radical (unpaired) electrons. The Labute approximate surface area is 184 Å². The number of Topliss-reactive ketones (excluding diaryl/α,β-unsaturated/α-hetero) is 1. The fraction of sp³-hybridized carbons (Fsp3) is 0.462. The molecule has 0 spiro atoms. The van der Waals surface area contributed by atoms with Gasteiger partial charge in [0.1, 0.15) is 12.4 Å². The Balaban J connectivity index is 1.25. The van der Waals surface area contributed by atoms with Gasteiger partial charge in [-0.25, -0.2) is 4.79 Å². The Hall–Kier alpha value is -2.66. The van der Waals surface area contributed by atoms with Crippen molar-refractivity contribution in [1.29, 1.82) is 0 Å². The second-order valence-corrected chi connectivity index (χ2v) is 8.61. The summed E-state index contributed by atoms with van der Waals surface area (Å²) < 4.78 is 11.3. The van der Waals surface area contributed by atoms with Gasteiger partial charge in [0.15, 0.2) is 0 Å². The van der Waals surface area contributed by atoms with Crippen molar-refractivity contribution >= 4 is 11.9 Å². The van der Waals surface area contributed by atoms with E-state index in [1.165, 1.54) is 0 Å². The van der Waals surface area contributed by atoms with Crippen molar-refractivity contribution in [2.45, 2.75) is 63.8 Å². The fourth-order valence-corrected chi connectivity index (χ4v) is 4.88. The van der Waals surface area contributed by atoms with E-state index in [0.29, 0.717) is 19.6 Å². The highest BCUT2D eigenvalue weighted by Gasteiger charge is 2.43. The van der Waals surface area contributed by atoms with E-state index >= 15 is 0 Å². The Morgan fingerprint density at radius 1 is 0.839 bits per heavy atom. The van der Waals surface area contributed by atoms with Crippen molar-refractivity contribution in [1.82, 2.24) is 4.90 Å². The molecule has 0 aliphatic carbocycles. The molecular formula is C26H31NO4. The van der Waals surface area contributed by atoms with Crippen LogP contribution in [0.5, 0.6) is 0 Å². The van der Waals surface area contributed by atoms with E-state index in [-0.39, 0.29) is 36.5 Å². The lowest BCUT2D eigenvalue weighted by Gasteiger charge is -2.47. The molecule has 2 unspecified atom stereocenters.